The third-order valence-corrected chi connectivity index (χ3v) is 3.79. The summed E-state index contributed by atoms with van der Waals surface area (Å²) in [6.45, 7) is 3.34. The molecule has 0 fully saturated rings. The van der Waals surface area contributed by atoms with Crippen LogP contribution in [0.25, 0.3) is 0 Å². The number of carbonyl (C=O) groups is 2. The molecule has 0 saturated heterocycles. The molecule has 1 aromatic rings. The number of nitrogens with one attached hydrogen (secondary N) is 1. The monoisotopic (exact) mass is 293 g/mol. The molecule has 1 amide bonds. The van der Waals surface area contributed by atoms with E-state index >= 15 is 0 Å². The molecule has 0 radical (unpaired) electrons. The zero-order valence-electron chi connectivity index (χ0n) is 11.5. The van der Waals surface area contributed by atoms with E-state index < -0.39 is 29.1 Å². The first-order chi connectivity index (χ1) is 9.79. The Morgan fingerprint density at radius 2 is 1.95 bits per heavy atom. The molecule has 110 valence electrons. The average molecular weight is 293 g/mol. The summed E-state index contributed by atoms with van der Waals surface area (Å²) in [5.74, 6) is -3.42. The van der Waals surface area contributed by atoms with Crippen LogP contribution < -0.4 is 5.32 Å². The molecule has 2 aliphatic rings. The highest BCUT2D eigenvalue weighted by Crippen LogP contribution is 2.42. The van der Waals surface area contributed by atoms with Crippen molar-refractivity contribution in [3.63, 3.8) is 0 Å². The zero-order valence-corrected chi connectivity index (χ0v) is 11.5. The zero-order chi connectivity index (χ0) is 15.4. The van der Waals surface area contributed by atoms with Crippen molar-refractivity contribution in [3.8, 4) is 0 Å². The molecule has 0 saturated carbocycles. The molecule has 1 unspecified atom stereocenters. The van der Waals surface area contributed by atoms with Crippen molar-refractivity contribution in [1.29, 1.82) is 0 Å². The standard InChI is InChI=1S/C15H13F2NO3/c1-15(2)13-12(14(20)21-15)8(6-11(19)18-13)7-3-4-9(16)10(17)5-7/h3-5,8H,6H2,1-2H3,(H,18,19). The van der Waals surface area contributed by atoms with E-state index in [9.17, 15) is 18.4 Å². The molecule has 1 atom stereocenters. The number of rotatable bonds is 1. The highest BCUT2D eigenvalue weighted by Gasteiger charge is 2.47. The Morgan fingerprint density at radius 1 is 1.24 bits per heavy atom. The van der Waals surface area contributed by atoms with Gasteiger partial charge in [-0.3, -0.25) is 4.79 Å². The second kappa shape index (κ2) is 4.38. The number of amides is 1. The van der Waals surface area contributed by atoms with Crippen LogP contribution in [0.2, 0.25) is 0 Å². The SMILES string of the molecule is CC1(C)OC(=O)C2=C1NC(=O)CC2c1ccc(F)c(F)c1. The number of benzene rings is 1. The van der Waals surface area contributed by atoms with Gasteiger partial charge in [0.1, 0.15) is 5.60 Å². The summed E-state index contributed by atoms with van der Waals surface area (Å²) in [6, 6.07) is 3.38. The van der Waals surface area contributed by atoms with Crippen LogP contribution in [0.3, 0.4) is 0 Å². The summed E-state index contributed by atoms with van der Waals surface area (Å²) in [5.41, 5.74) is 0.161. The van der Waals surface area contributed by atoms with Gasteiger partial charge in [-0.05, 0) is 31.5 Å². The highest BCUT2D eigenvalue weighted by atomic mass is 19.2. The first-order valence-corrected chi connectivity index (χ1v) is 6.52. The highest BCUT2D eigenvalue weighted by molar-refractivity contribution is 5.99. The summed E-state index contributed by atoms with van der Waals surface area (Å²) >= 11 is 0. The van der Waals surface area contributed by atoms with Crippen LogP contribution in [0.5, 0.6) is 0 Å². The van der Waals surface area contributed by atoms with Crippen LogP contribution in [0.15, 0.2) is 29.5 Å². The van der Waals surface area contributed by atoms with Crippen LogP contribution in [0, 0.1) is 11.6 Å². The second-order valence-corrected chi connectivity index (χ2v) is 5.67. The molecular formula is C15H13F2NO3. The number of halogens is 2. The van der Waals surface area contributed by atoms with Gasteiger partial charge in [0.15, 0.2) is 11.6 Å². The fraction of sp³-hybridized carbons (Fsp3) is 0.333. The van der Waals surface area contributed by atoms with E-state index in [1.165, 1.54) is 6.07 Å². The van der Waals surface area contributed by atoms with Crippen molar-refractivity contribution in [3.05, 3.63) is 46.7 Å². The van der Waals surface area contributed by atoms with E-state index in [0.29, 0.717) is 16.8 Å². The number of cyclic esters (lactones) is 1. The first-order valence-electron chi connectivity index (χ1n) is 6.52. The Balaban J connectivity index is 2.13. The van der Waals surface area contributed by atoms with E-state index in [2.05, 4.69) is 5.32 Å². The van der Waals surface area contributed by atoms with Gasteiger partial charge in [-0.25, -0.2) is 13.6 Å². The fourth-order valence-electron chi connectivity index (χ4n) is 2.79. The Bertz CT molecular complexity index is 694. The smallest absolute Gasteiger partial charge is 0.337 e. The maximum atomic E-state index is 13.4. The number of hydrogen-bond acceptors (Lipinski definition) is 3. The lowest BCUT2D eigenvalue weighted by molar-refractivity contribution is -0.144. The Morgan fingerprint density at radius 3 is 2.62 bits per heavy atom. The summed E-state index contributed by atoms with van der Waals surface area (Å²) in [5, 5.41) is 2.65. The quantitative estimate of drug-likeness (QED) is 0.807. The van der Waals surface area contributed by atoms with Crippen LogP contribution in [0.4, 0.5) is 8.78 Å². The molecule has 6 heteroatoms. The minimum absolute atomic E-state index is 0.00488. The van der Waals surface area contributed by atoms with Gasteiger partial charge in [0, 0.05) is 12.3 Å². The van der Waals surface area contributed by atoms with Crippen molar-refractivity contribution in [1.82, 2.24) is 5.32 Å². The van der Waals surface area contributed by atoms with Gasteiger partial charge >= 0.3 is 5.97 Å². The van der Waals surface area contributed by atoms with Gasteiger partial charge in [-0.15, -0.1) is 0 Å². The van der Waals surface area contributed by atoms with Crippen LogP contribution in [-0.4, -0.2) is 17.5 Å². The van der Waals surface area contributed by atoms with Gasteiger partial charge in [0.25, 0.3) is 0 Å². The molecule has 1 aromatic carbocycles. The van der Waals surface area contributed by atoms with Crippen molar-refractivity contribution in [2.45, 2.75) is 31.8 Å². The lowest BCUT2D eigenvalue weighted by Crippen LogP contribution is -2.38. The number of hydrogen-bond donors (Lipinski definition) is 1. The number of esters is 1. The lowest BCUT2D eigenvalue weighted by Gasteiger charge is -2.27. The Labute approximate surface area is 119 Å². The minimum atomic E-state index is -1.01. The summed E-state index contributed by atoms with van der Waals surface area (Å²) in [6.07, 6.45) is -0.00488. The molecule has 0 bridgehead atoms. The van der Waals surface area contributed by atoms with Crippen LogP contribution in [-0.2, 0) is 14.3 Å². The molecule has 0 aromatic heterocycles. The lowest BCUT2D eigenvalue weighted by atomic mass is 9.83. The maximum absolute atomic E-state index is 13.4. The third kappa shape index (κ3) is 2.11. The molecule has 3 rings (SSSR count). The molecule has 0 aliphatic carbocycles. The average Bonchev–Trinajstić information content (AvgIpc) is 2.62. The third-order valence-electron chi connectivity index (χ3n) is 3.79. The van der Waals surface area contributed by atoms with Gasteiger partial charge in [0.05, 0.1) is 11.3 Å². The summed E-state index contributed by atoms with van der Waals surface area (Å²) in [4.78, 5) is 23.9. The Kier molecular flexibility index (Phi) is 2.86. The minimum Gasteiger partial charge on any atom is -0.450 e. The predicted octanol–water partition coefficient (Wildman–Crippen LogP) is 2.16. The van der Waals surface area contributed by atoms with Crippen LogP contribution in [0.1, 0.15) is 31.7 Å². The van der Waals surface area contributed by atoms with Gasteiger partial charge in [-0.1, -0.05) is 6.07 Å². The van der Waals surface area contributed by atoms with Crippen LogP contribution >= 0.6 is 0 Å². The van der Waals surface area contributed by atoms with E-state index in [1.54, 1.807) is 13.8 Å². The van der Waals surface area contributed by atoms with Crippen molar-refractivity contribution < 1.29 is 23.1 Å². The van der Waals surface area contributed by atoms with Gasteiger partial charge in [0.2, 0.25) is 5.91 Å². The van der Waals surface area contributed by atoms with E-state index in [0.717, 1.165) is 12.1 Å². The first kappa shape index (κ1) is 13.7. The molecule has 0 spiro atoms. The normalized spacial score (nSPS) is 23.7. The molecule has 21 heavy (non-hydrogen) atoms. The topological polar surface area (TPSA) is 55.4 Å². The maximum Gasteiger partial charge on any atom is 0.337 e. The van der Waals surface area contributed by atoms with Gasteiger partial charge < -0.3 is 10.1 Å². The fourth-order valence-corrected chi connectivity index (χ4v) is 2.79. The molecule has 4 nitrogen and oxygen atoms in total. The van der Waals surface area contributed by atoms with Gasteiger partial charge in [-0.2, -0.15) is 0 Å². The largest absolute Gasteiger partial charge is 0.450 e. The van der Waals surface area contributed by atoms with E-state index in [1.807, 2.05) is 0 Å². The number of carbonyl (C=O) groups excluding carboxylic acids is 2. The molecule has 2 heterocycles. The van der Waals surface area contributed by atoms with Crippen molar-refractivity contribution in [2.75, 3.05) is 0 Å². The molecule has 2 aliphatic heterocycles. The van der Waals surface area contributed by atoms with E-state index in [4.69, 9.17) is 4.74 Å². The second-order valence-electron chi connectivity index (χ2n) is 5.67. The van der Waals surface area contributed by atoms with Crippen molar-refractivity contribution >= 4 is 11.9 Å². The number of ether oxygens (including phenoxy) is 1. The summed E-state index contributed by atoms with van der Waals surface area (Å²) < 4.78 is 31.7. The summed E-state index contributed by atoms with van der Waals surface area (Å²) in [7, 11) is 0. The predicted molar refractivity (Wildman–Crippen MR) is 69.1 cm³/mol. The molecular weight excluding hydrogens is 280 g/mol. The molecule has 1 N–H and O–H groups in total. The van der Waals surface area contributed by atoms with Crippen molar-refractivity contribution in [2.24, 2.45) is 0 Å². The van der Waals surface area contributed by atoms with E-state index in [-0.39, 0.29) is 12.3 Å². The Hall–Kier alpha value is -2.24.